The van der Waals surface area contributed by atoms with Crippen LogP contribution in [0.4, 0.5) is 5.69 Å². The van der Waals surface area contributed by atoms with Crippen LogP contribution in [0.1, 0.15) is 0 Å². The fourth-order valence-corrected chi connectivity index (χ4v) is 4.23. The number of hydrogen-bond donors (Lipinski definition) is 2. The monoisotopic (exact) mass is 380 g/mol. The van der Waals surface area contributed by atoms with E-state index >= 15 is 0 Å². The summed E-state index contributed by atoms with van der Waals surface area (Å²) in [6.45, 7) is 0. The van der Waals surface area contributed by atoms with Crippen molar-refractivity contribution in [3.8, 4) is 0 Å². The van der Waals surface area contributed by atoms with E-state index in [1.54, 1.807) is 36.5 Å². The lowest BCUT2D eigenvalue weighted by atomic mass is 10.2. The summed E-state index contributed by atoms with van der Waals surface area (Å²) in [5, 5.41) is 2.15. The Kier molecular flexibility index (Phi) is 3.49. The molecule has 0 unspecified atom stereocenters. The van der Waals surface area contributed by atoms with Crippen molar-refractivity contribution in [2.75, 3.05) is 4.72 Å². The molecule has 0 radical (unpaired) electrons. The lowest BCUT2D eigenvalue weighted by molar-refractivity contribution is 0.601. The molecule has 24 heavy (non-hydrogen) atoms. The average Bonchev–Trinajstić information content (AvgIpc) is 3.16. The van der Waals surface area contributed by atoms with E-state index in [-0.39, 0.29) is 4.90 Å². The standard InChI is InChI=1S/C16H10Cl2N2O3S/c17-11-2-3-13(16-15(11)12(18)8-19-16)20-24(21,22)10-1-4-14-9(7-10)5-6-23-14/h1-8,19-20H. The number of fused-ring (bicyclic) bond motifs is 2. The third kappa shape index (κ3) is 2.43. The number of halogens is 2. The Morgan fingerprint density at radius 3 is 2.71 bits per heavy atom. The number of rotatable bonds is 3. The number of aromatic amines is 1. The highest BCUT2D eigenvalue weighted by Gasteiger charge is 2.18. The average molecular weight is 381 g/mol. The summed E-state index contributed by atoms with van der Waals surface area (Å²) in [7, 11) is -3.78. The Balaban J connectivity index is 1.80. The number of furan rings is 1. The number of hydrogen-bond acceptors (Lipinski definition) is 3. The molecule has 5 nitrogen and oxygen atoms in total. The van der Waals surface area contributed by atoms with Crippen molar-refractivity contribution in [3.05, 3.63) is 58.9 Å². The second-order valence-corrected chi connectivity index (χ2v) is 7.70. The molecule has 0 spiro atoms. The molecule has 0 fully saturated rings. The first-order chi connectivity index (χ1) is 11.5. The third-order valence-electron chi connectivity index (χ3n) is 3.72. The summed E-state index contributed by atoms with van der Waals surface area (Å²) in [5.74, 6) is 0. The second-order valence-electron chi connectivity index (χ2n) is 5.21. The van der Waals surface area contributed by atoms with E-state index in [1.165, 1.54) is 12.3 Å². The number of benzene rings is 2. The Hall–Kier alpha value is -2.15. The van der Waals surface area contributed by atoms with Crippen molar-refractivity contribution in [2.45, 2.75) is 4.90 Å². The molecule has 8 heteroatoms. The van der Waals surface area contributed by atoms with Crippen LogP contribution < -0.4 is 4.72 Å². The van der Waals surface area contributed by atoms with Gasteiger partial charge in [0.15, 0.2) is 0 Å². The van der Waals surface area contributed by atoms with Crippen molar-refractivity contribution >= 4 is 60.8 Å². The quantitative estimate of drug-likeness (QED) is 0.523. The summed E-state index contributed by atoms with van der Waals surface area (Å²) in [4.78, 5) is 3.07. The second kappa shape index (κ2) is 5.44. The van der Waals surface area contributed by atoms with Crippen LogP contribution >= 0.6 is 23.2 Å². The van der Waals surface area contributed by atoms with Crippen LogP contribution in [-0.2, 0) is 10.0 Å². The predicted molar refractivity (Wildman–Crippen MR) is 95.3 cm³/mol. The van der Waals surface area contributed by atoms with E-state index in [0.29, 0.717) is 37.6 Å². The summed E-state index contributed by atoms with van der Waals surface area (Å²) >= 11 is 12.2. The van der Waals surface area contributed by atoms with Crippen molar-refractivity contribution in [2.24, 2.45) is 0 Å². The first kappa shape index (κ1) is 15.4. The molecule has 2 aromatic heterocycles. The van der Waals surface area contributed by atoms with Crippen LogP contribution in [0, 0.1) is 0 Å². The van der Waals surface area contributed by atoms with Crippen molar-refractivity contribution in [1.29, 1.82) is 0 Å². The van der Waals surface area contributed by atoms with Gasteiger partial charge in [0.1, 0.15) is 5.58 Å². The first-order valence-electron chi connectivity index (χ1n) is 6.91. The summed E-state index contributed by atoms with van der Waals surface area (Å²) in [6.07, 6.45) is 3.07. The van der Waals surface area contributed by atoms with Gasteiger partial charge in [-0.2, -0.15) is 0 Å². The Morgan fingerprint density at radius 2 is 1.88 bits per heavy atom. The van der Waals surface area contributed by atoms with Crippen molar-refractivity contribution in [1.82, 2.24) is 4.98 Å². The maximum absolute atomic E-state index is 12.7. The highest BCUT2D eigenvalue weighted by molar-refractivity contribution is 7.92. The summed E-state index contributed by atoms with van der Waals surface area (Å²) in [5.41, 5.74) is 1.52. The van der Waals surface area contributed by atoms with Gasteiger partial charge in [0, 0.05) is 17.0 Å². The molecular weight excluding hydrogens is 371 g/mol. The van der Waals surface area contributed by atoms with Crippen LogP contribution in [0.5, 0.6) is 0 Å². The SMILES string of the molecule is O=S(=O)(Nc1ccc(Cl)c2c(Cl)c[nH]c12)c1ccc2occc2c1. The molecule has 0 aliphatic rings. The first-order valence-corrected chi connectivity index (χ1v) is 9.15. The highest BCUT2D eigenvalue weighted by atomic mass is 35.5. The highest BCUT2D eigenvalue weighted by Crippen LogP contribution is 2.35. The maximum Gasteiger partial charge on any atom is 0.261 e. The zero-order valence-electron chi connectivity index (χ0n) is 12.0. The molecule has 0 aliphatic carbocycles. The molecule has 0 saturated carbocycles. The molecule has 0 amide bonds. The molecule has 2 N–H and O–H groups in total. The molecule has 4 aromatic rings. The zero-order valence-corrected chi connectivity index (χ0v) is 14.3. The van der Waals surface area contributed by atoms with E-state index in [4.69, 9.17) is 27.6 Å². The van der Waals surface area contributed by atoms with Gasteiger partial charge in [-0.3, -0.25) is 4.72 Å². The Bertz CT molecular complexity index is 1180. The van der Waals surface area contributed by atoms with Gasteiger partial charge in [-0.1, -0.05) is 23.2 Å². The van der Waals surface area contributed by atoms with Crippen LogP contribution in [0.2, 0.25) is 10.0 Å². The molecule has 0 atom stereocenters. The molecule has 2 aromatic carbocycles. The molecular formula is C16H10Cl2N2O3S. The molecule has 0 aliphatic heterocycles. The number of nitrogens with one attached hydrogen (secondary N) is 2. The fraction of sp³-hybridized carbons (Fsp3) is 0. The van der Waals surface area contributed by atoms with Gasteiger partial charge in [0.2, 0.25) is 0 Å². The molecule has 0 saturated heterocycles. The summed E-state index contributed by atoms with van der Waals surface area (Å²) in [6, 6.07) is 9.55. The number of aromatic nitrogens is 1. The maximum atomic E-state index is 12.7. The minimum Gasteiger partial charge on any atom is -0.464 e. The minimum atomic E-state index is -3.78. The topological polar surface area (TPSA) is 75.1 Å². The predicted octanol–water partition coefficient (Wildman–Crippen LogP) is 5.02. The van der Waals surface area contributed by atoms with E-state index in [0.717, 1.165) is 0 Å². The van der Waals surface area contributed by atoms with Gasteiger partial charge in [-0.05, 0) is 36.4 Å². The van der Waals surface area contributed by atoms with E-state index in [2.05, 4.69) is 9.71 Å². The minimum absolute atomic E-state index is 0.136. The number of H-pyrrole nitrogens is 1. The molecule has 0 bridgehead atoms. The van der Waals surface area contributed by atoms with E-state index in [1.807, 2.05) is 0 Å². The van der Waals surface area contributed by atoms with Crippen LogP contribution in [0.15, 0.2) is 58.2 Å². The van der Waals surface area contributed by atoms with Gasteiger partial charge in [0.05, 0.1) is 32.4 Å². The molecule has 122 valence electrons. The van der Waals surface area contributed by atoms with Crippen LogP contribution in [0.25, 0.3) is 21.9 Å². The van der Waals surface area contributed by atoms with E-state index < -0.39 is 10.0 Å². The van der Waals surface area contributed by atoms with Gasteiger partial charge in [0.25, 0.3) is 10.0 Å². The third-order valence-corrected chi connectivity index (χ3v) is 5.69. The lowest BCUT2D eigenvalue weighted by Crippen LogP contribution is -2.13. The smallest absolute Gasteiger partial charge is 0.261 e. The Morgan fingerprint density at radius 1 is 1.04 bits per heavy atom. The zero-order chi connectivity index (χ0) is 16.9. The van der Waals surface area contributed by atoms with Crippen molar-refractivity contribution in [3.63, 3.8) is 0 Å². The number of anilines is 1. The van der Waals surface area contributed by atoms with Crippen LogP contribution in [0.3, 0.4) is 0 Å². The normalized spacial score (nSPS) is 12.1. The van der Waals surface area contributed by atoms with Gasteiger partial charge >= 0.3 is 0 Å². The molecule has 4 rings (SSSR count). The Labute approximate surface area is 147 Å². The van der Waals surface area contributed by atoms with Crippen LogP contribution in [-0.4, -0.2) is 13.4 Å². The van der Waals surface area contributed by atoms with Crippen molar-refractivity contribution < 1.29 is 12.8 Å². The van der Waals surface area contributed by atoms with E-state index in [9.17, 15) is 8.42 Å². The van der Waals surface area contributed by atoms with Gasteiger partial charge in [-0.15, -0.1) is 0 Å². The summed E-state index contributed by atoms with van der Waals surface area (Å²) < 4.78 is 33.2. The lowest BCUT2D eigenvalue weighted by Gasteiger charge is -2.10. The van der Waals surface area contributed by atoms with Gasteiger partial charge < -0.3 is 9.40 Å². The number of sulfonamides is 1. The largest absolute Gasteiger partial charge is 0.464 e. The fourth-order valence-electron chi connectivity index (χ4n) is 2.57. The van der Waals surface area contributed by atoms with Gasteiger partial charge in [-0.25, -0.2) is 8.42 Å². The molecule has 2 heterocycles.